The highest BCUT2D eigenvalue weighted by Crippen LogP contribution is 2.18. The lowest BCUT2D eigenvalue weighted by atomic mass is 10.2. The van der Waals surface area contributed by atoms with Crippen molar-refractivity contribution >= 4 is 11.8 Å². The summed E-state index contributed by atoms with van der Waals surface area (Å²) in [5, 5.41) is 14.2. The van der Waals surface area contributed by atoms with Crippen LogP contribution in [0.4, 0.5) is 0 Å². The Morgan fingerprint density at radius 3 is 2.82 bits per heavy atom. The topological polar surface area (TPSA) is 50.9 Å². The highest BCUT2D eigenvalue weighted by Gasteiger charge is 2.04. The number of rotatable bonds is 5. The van der Waals surface area contributed by atoms with Gasteiger partial charge >= 0.3 is 0 Å². The fourth-order valence-electron chi connectivity index (χ4n) is 1.42. The van der Waals surface area contributed by atoms with E-state index in [1.54, 1.807) is 29.7 Å². The molecule has 0 radical (unpaired) electrons. The van der Waals surface area contributed by atoms with Gasteiger partial charge in [-0.15, -0.1) is 5.10 Å². The van der Waals surface area contributed by atoms with Crippen LogP contribution in [0.5, 0.6) is 0 Å². The molecule has 0 unspecified atom stereocenters. The van der Waals surface area contributed by atoms with Gasteiger partial charge in [-0.3, -0.25) is 0 Å². The summed E-state index contributed by atoms with van der Waals surface area (Å²) < 4.78 is 1.66. The highest BCUT2D eigenvalue weighted by atomic mass is 32.2. The van der Waals surface area contributed by atoms with Crippen LogP contribution in [0.25, 0.3) is 0 Å². The molecule has 1 aromatic heterocycles. The fourth-order valence-corrected chi connectivity index (χ4v) is 2.20. The average Bonchev–Trinajstić information content (AvgIpc) is 2.75. The molecule has 0 spiro atoms. The van der Waals surface area contributed by atoms with E-state index in [9.17, 15) is 5.11 Å². The van der Waals surface area contributed by atoms with Crippen molar-refractivity contribution in [2.75, 3.05) is 0 Å². The molecule has 1 heterocycles. The summed E-state index contributed by atoms with van der Waals surface area (Å²) in [5.41, 5.74) is 1.25. The van der Waals surface area contributed by atoms with E-state index in [4.69, 9.17) is 0 Å². The standard InChI is InChI=1S/C12H15N3OS/c1-10(16)7-15-9-13-12(14-15)17-8-11-5-3-2-4-6-11/h2-6,9-10,16H,7-8H2,1H3/t10-/m1/s1. The first-order chi connectivity index (χ1) is 8.24. The van der Waals surface area contributed by atoms with Crippen molar-refractivity contribution in [3.63, 3.8) is 0 Å². The fraction of sp³-hybridized carbons (Fsp3) is 0.333. The van der Waals surface area contributed by atoms with E-state index in [-0.39, 0.29) is 0 Å². The molecule has 1 aromatic carbocycles. The molecule has 0 saturated carbocycles. The molecule has 0 amide bonds. The molecule has 0 saturated heterocycles. The van der Waals surface area contributed by atoms with Crippen LogP contribution in [0.15, 0.2) is 41.8 Å². The summed E-state index contributed by atoms with van der Waals surface area (Å²) in [6.45, 7) is 2.22. The highest BCUT2D eigenvalue weighted by molar-refractivity contribution is 7.98. The van der Waals surface area contributed by atoms with E-state index in [0.717, 1.165) is 10.9 Å². The number of aliphatic hydroxyl groups excluding tert-OH is 1. The first-order valence-electron chi connectivity index (χ1n) is 5.48. The molecular formula is C12H15N3OS. The predicted octanol–water partition coefficient (Wildman–Crippen LogP) is 1.95. The zero-order valence-corrected chi connectivity index (χ0v) is 10.5. The van der Waals surface area contributed by atoms with Crippen LogP contribution < -0.4 is 0 Å². The maximum Gasteiger partial charge on any atom is 0.208 e. The third-order valence-electron chi connectivity index (χ3n) is 2.18. The lowest BCUT2D eigenvalue weighted by Gasteiger charge is -2.01. The lowest BCUT2D eigenvalue weighted by Crippen LogP contribution is -2.11. The molecule has 17 heavy (non-hydrogen) atoms. The Bertz CT molecular complexity index is 456. The quantitative estimate of drug-likeness (QED) is 0.823. The van der Waals surface area contributed by atoms with E-state index in [1.807, 2.05) is 18.2 Å². The van der Waals surface area contributed by atoms with Gasteiger partial charge in [0.05, 0.1) is 12.6 Å². The first-order valence-corrected chi connectivity index (χ1v) is 6.47. The second-order valence-electron chi connectivity index (χ2n) is 3.87. The summed E-state index contributed by atoms with van der Waals surface area (Å²) in [4.78, 5) is 4.19. The Balaban J connectivity index is 1.89. The van der Waals surface area contributed by atoms with Crippen LogP contribution in [-0.2, 0) is 12.3 Å². The first kappa shape index (κ1) is 12.1. The third-order valence-corrected chi connectivity index (χ3v) is 3.10. The van der Waals surface area contributed by atoms with Crippen molar-refractivity contribution in [1.29, 1.82) is 0 Å². The number of aliphatic hydroxyl groups is 1. The van der Waals surface area contributed by atoms with Crippen molar-refractivity contribution in [3.8, 4) is 0 Å². The summed E-state index contributed by atoms with van der Waals surface area (Å²) in [5.74, 6) is 0.861. The molecule has 0 bridgehead atoms. The van der Waals surface area contributed by atoms with Crippen LogP contribution in [0.1, 0.15) is 12.5 Å². The van der Waals surface area contributed by atoms with Crippen LogP contribution in [0, 0.1) is 0 Å². The van der Waals surface area contributed by atoms with Gasteiger partial charge in [-0.1, -0.05) is 42.1 Å². The third kappa shape index (κ3) is 3.87. The molecule has 5 heteroatoms. The number of thioether (sulfide) groups is 1. The van der Waals surface area contributed by atoms with Gasteiger partial charge in [0, 0.05) is 5.75 Å². The van der Waals surface area contributed by atoms with Crippen molar-refractivity contribution in [2.45, 2.75) is 30.5 Å². The molecule has 0 fully saturated rings. The Labute approximate surface area is 105 Å². The van der Waals surface area contributed by atoms with Crippen LogP contribution in [-0.4, -0.2) is 26.0 Å². The predicted molar refractivity (Wildman–Crippen MR) is 67.7 cm³/mol. The van der Waals surface area contributed by atoms with Crippen LogP contribution in [0.2, 0.25) is 0 Å². The molecule has 2 rings (SSSR count). The van der Waals surface area contributed by atoms with E-state index < -0.39 is 6.10 Å². The van der Waals surface area contributed by atoms with Crippen molar-refractivity contribution in [3.05, 3.63) is 42.2 Å². The summed E-state index contributed by atoms with van der Waals surface area (Å²) in [6, 6.07) is 10.2. The zero-order valence-electron chi connectivity index (χ0n) is 9.65. The van der Waals surface area contributed by atoms with Crippen molar-refractivity contribution in [2.24, 2.45) is 0 Å². The van der Waals surface area contributed by atoms with Crippen LogP contribution >= 0.6 is 11.8 Å². The lowest BCUT2D eigenvalue weighted by molar-refractivity contribution is 0.168. The number of benzene rings is 1. The molecule has 1 N–H and O–H groups in total. The average molecular weight is 249 g/mol. The molecular weight excluding hydrogens is 234 g/mol. The Hall–Kier alpha value is -1.33. The summed E-state index contributed by atoms with van der Waals surface area (Å²) in [7, 11) is 0. The van der Waals surface area contributed by atoms with Gasteiger partial charge in [0.25, 0.3) is 0 Å². The zero-order chi connectivity index (χ0) is 12.1. The Morgan fingerprint density at radius 1 is 1.35 bits per heavy atom. The van der Waals surface area contributed by atoms with Gasteiger partial charge < -0.3 is 5.11 Å². The normalized spacial score (nSPS) is 12.6. The molecule has 1 atom stereocenters. The molecule has 0 aliphatic carbocycles. The molecule has 2 aromatic rings. The SMILES string of the molecule is C[C@@H](O)Cn1cnc(SCc2ccccc2)n1. The minimum absolute atomic E-state index is 0.399. The second kappa shape index (κ2) is 5.84. The molecule has 90 valence electrons. The molecule has 0 aliphatic heterocycles. The summed E-state index contributed by atoms with van der Waals surface area (Å²) in [6.07, 6.45) is 1.25. The van der Waals surface area contributed by atoms with Gasteiger partial charge in [-0.25, -0.2) is 9.67 Å². The largest absolute Gasteiger partial charge is 0.391 e. The number of hydrogen-bond acceptors (Lipinski definition) is 4. The van der Waals surface area contributed by atoms with Gasteiger partial charge in [-0.2, -0.15) is 0 Å². The van der Waals surface area contributed by atoms with Gasteiger partial charge in [0.1, 0.15) is 6.33 Å². The van der Waals surface area contributed by atoms with Crippen LogP contribution in [0.3, 0.4) is 0 Å². The van der Waals surface area contributed by atoms with E-state index in [0.29, 0.717) is 6.54 Å². The van der Waals surface area contributed by atoms with E-state index in [1.165, 1.54) is 5.56 Å². The summed E-state index contributed by atoms with van der Waals surface area (Å²) >= 11 is 1.60. The van der Waals surface area contributed by atoms with Gasteiger partial charge in [-0.05, 0) is 12.5 Å². The Morgan fingerprint density at radius 2 is 2.12 bits per heavy atom. The van der Waals surface area contributed by atoms with E-state index >= 15 is 0 Å². The van der Waals surface area contributed by atoms with Gasteiger partial charge in [0.2, 0.25) is 5.16 Å². The monoisotopic (exact) mass is 249 g/mol. The second-order valence-corrected chi connectivity index (χ2v) is 4.81. The van der Waals surface area contributed by atoms with Crippen molar-refractivity contribution < 1.29 is 5.11 Å². The maximum atomic E-state index is 9.23. The number of nitrogens with zero attached hydrogens (tertiary/aromatic N) is 3. The maximum absolute atomic E-state index is 9.23. The number of aromatic nitrogens is 3. The minimum atomic E-state index is -0.399. The Kier molecular flexibility index (Phi) is 4.17. The minimum Gasteiger partial charge on any atom is -0.391 e. The van der Waals surface area contributed by atoms with Gasteiger partial charge in [0.15, 0.2) is 0 Å². The smallest absolute Gasteiger partial charge is 0.208 e. The van der Waals surface area contributed by atoms with Crippen molar-refractivity contribution in [1.82, 2.24) is 14.8 Å². The molecule has 0 aliphatic rings. The molecule has 4 nitrogen and oxygen atoms in total. The van der Waals surface area contributed by atoms with E-state index in [2.05, 4.69) is 22.2 Å². The number of hydrogen-bond donors (Lipinski definition) is 1.